The molecule has 2 aliphatic rings. The Labute approximate surface area is 113 Å². The molecule has 0 aromatic carbocycles. The standard InChI is InChI=1S/C14H21N3O2/c1-10(18)16-14(8-4-2-3-5-9-14)13-15-12(19-17-13)11-6-7-11/h11H,2-9H2,1H3,(H,16,18). The van der Waals surface area contributed by atoms with E-state index in [-0.39, 0.29) is 5.91 Å². The fourth-order valence-electron chi connectivity index (χ4n) is 3.00. The van der Waals surface area contributed by atoms with Gasteiger partial charge in [0.15, 0.2) is 5.82 Å². The first kappa shape index (κ1) is 12.6. The molecule has 1 heterocycles. The van der Waals surface area contributed by atoms with E-state index in [1.165, 1.54) is 12.8 Å². The molecule has 0 bridgehead atoms. The molecular formula is C14H21N3O2. The molecule has 19 heavy (non-hydrogen) atoms. The molecule has 5 heteroatoms. The fraction of sp³-hybridized carbons (Fsp3) is 0.786. The van der Waals surface area contributed by atoms with E-state index in [1.54, 1.807) is 6.92 Å². The summed E-state index contributed by atoms with van der Waals surface area (Å²) in [5.74, 6) is 1.89. The summed E-state index contributed by atoms with van der Waals surface area (Å²) in [4.78, 5) is 16.1. The van der Waals surface area contributed by atoms with Gasteiger partial charge in [0.05, 0.1) is 0 Å². The van der Waals surface area contributed by atoms with Crippen molar-refractivity contribution >= 4 is 5.91 Å². The van der Waals surface area contributed by atoms with Crippen LogP contribution in [0.25, 0.3) is 0 Å². The lowest BCUT2D eigenvalue weighted by Gasteiger charge is -2.30. The van der Waals surface area contributed by atoms with Crippen LogP contribution in [0, 0.1) is 0 Å². The lowest BCUT2D eigenvalue weighted by atomic mass is 9.89. The average molecular weight is 263 g/mol. The summed E-state index contributed by atoms with van der Waals surface area (Å²) >= 11 is 0. The van der Waals surface area contributed by atoms with Gasteiger partial charge in [0.25, 0.3) is 0 Å². The summed E-state index contributed by atoms with van der Waals surface area (Å²) in [7, 11) is 0. The van der Waals surface area contributed by atoms with Crippen LogP contribution in [0.15, 0.2) is 4.52 Å². The maximum atomic E-state index is 11.6. The summed E-state index contributed by atoms with van der Waals surface area (Å²) < 4.78 is 5.38. The second-order valence-electron chi connectivity index (χ2n) is 5.91. The van der Waals surface area contributed by atoms with Crippen molar-refractivity contribution in [1.29, 1.82) is 0 Å². The van der Waals surface area contributed by atoms with Crippen molar-refractivity contribution in [1.82, 2.24) is 15.5 Å². The highest BCUT2D eigenvalue weighted by Crippen LogP contribution is 2.41. The molecule has 1 aromatic heterocycles. The number of carbonyl (C=O) groups is 1. The minimum absolute atomic E-state index is 0.0142. The molecule has 3 rings (SSSR count). The fourth-order valence-corrected chi connectivity index (χ4v) is 3.00. The Bertz CT molecular complexity index is 457. The number of hydrogen-bond acceptors (Lipinski definition) is 4. The van der Waals surface area contributed by atoms with Crippen LogP contribution in [0.2, 0.25) is 0 Å². The van der Waals surface area contributed by atoms with Gasteiger partial charge < -0.3 is 9.84 Å². The summed E-state index contributed by atoms with van der Waals surface area (Å²) in [6, 6.07) is 0. The number of carbonyl (C=O) groups excluding carboxylic acids is 1. The smallest absolute Gasteiger partial charge is 0.229 e. The van der Waals surface area contributed by atoms with Crippen LogP contribution < -0.4 is 5.32 Å². The first-order valence-corrected chi connectivity index (χ1v) is 7.32. The van der Waals surface area contributed by atoms with E-state index < -0.39 is 5.54 Å². The quantitative estimate of drug-likeness (QED) is 0.851. The van der Waals surface area contributed by atoms with Crippen molar-refractivity contribution in [2.24, 2.45) is 0 Å². The highest BCUT2D eigenvalue weighted by atomic mass is 16.5. The Hall–Kier alpha value is -1.39. The molecule has 0 saturated heterocycles. The molecule has 0 radical (unpaired) electrons. The molecule has 0 unspecified atom stereocenters. The topological polar surface area (TPSA) is 68.0 Å². The second-order valence-corrected chi connectivity index (χ2v) is 5.91. The summed E-state index contributed by atoms with van der Waals surface area (Å²) in [5, 5.41) is 7.27. The number of nitrogens with zero attached hydrogens (tertiary/aromatic N) is 2. The number of amides is 1. The summed E-state index contributed by atoms with van der Waals surface area (Å²) in [6.45, 7) is 1.56. The van der Waals surface area contributed by atoms with E-state index in [2.05, 4.69) is 15.5 Å². The number of rotatable bonds is 3. The minimum atomic E-state index is -0.404. The molecule has 5 nitrogen and oxygen atoms in total. The summed E-state index contributed by atoms with van der Waals surface area (Å²) in [5.41, 5.74) is -0.404. The molecule has 1 N–H and O–H groups in total. The SMILES string of the molecule is CC(=O)NC1(c2noc(C3CC3)n2)CCCCCC1. The largest absolute Gasteiger partial charge is 0.343 e. The lowest BCUT2D eigenvalue weighted by Crippen LogP contribution is -2.45. The van der Waals surface area contributed by atoms with Crippen molar-refractivity contribution in [3.63, 3.8) is 0 Å². The Morgan fingerprint density at radius 1 is 1.26 bits per heavy atom. The summed E-state index contributed by atoms with van der Waals surface area (Å²) in [6.07, 6.45) is 8.76. The normalized spacial score (nSPS) is 22.8. The molecule has 0 atom stereocenters. The Morgan fingerprint density at radius 3 is 2.53 bits per heavy atom. The molecule has 2 aliphatic carbocycles. The van der Waals surface area contributed by atoms with Gasteiger partial charge in [-0.3, -0.25) is 4.79 Å². The van der Waals surface area contributed by atoms with Gasteiger partial charge in [-0.05, 0) is 25.7 Å². The van der Waals surface area contributed by atoms with Gasteiger partial charge in [-0.2, -0.15) is 4.98 Å². The van der Waals surface area contributed by atoms with Crippen molar-refractivity contribution < 1.29 is 9.32 Å². The van der Waals surface area contributed by atoms with Gasteiger partial charge in [0.2, 0.25) is 11.8 Å². The number of hydrogen-bond donors (Lipinski definition) is 1. The molecule has 1 amide bonds. The second kappa shape index (κ2) is 4.94. The average Bonchev–Trinajstić information content (AvgIpc) is 3.14. The third-order valence-electron chi connectivity index (χ3n) is 4.17. The van der Waals surface area contributed by atoms with E-state index in [0.29, 0.717) is 11.7 Å². The minimum Gasteiger partial charge on any atom is -0.343 e. The van der Waals surface area contributed by atoms with Crippen molar-refractivity contribution in [2.75, 3.05) is 0 Å². The number of nitrogens with one attached hydrogen (secondary N) is 1. The van der Waals surface area contributed by atoms with Gasteiger partial charge in [-0.25, -0.2) is 0 Å². The molecular weight excluding hydrogens is 242 g/mol. The van der Waals surface area contributed by atoms with Crippen LogP contribution >= 0.6 is 0 Å². The zero-order valence-electron chi connectivity index (χ0n) is 11.4. The van der Waals surface area contributed by atoms with E-state index >= 15 is 0 Å². The first-order chi connectivity index (χ1) is 9.20. The Kier molecular flexibility index (Phi) is 3.29. The Morgan fingerprint density at radius 2 is 1.95 bits per heavy atom. The van der Waals surface area contributed by atoms with Crippen LogP contribution in [-0.4, -0.2) is 16.0 Å². The van der Waals surface area contributed by atoms with Gasteiger partial charge in [0.1, 0.15) is 5.54 Å². The van der Waals surface area contributed by atoms with Gasteiger partial charge in [-0.15, -0.1) is 0 Å². The predicted molar refractivity (Wildman–Crippen MR) is 69.5 cm³/mol. The Balaban J connectivity index is 1.88. The van der Waals surface area contributed by atoms with Crippen LogP contribution in [0.3, 0.4) is 0 Å². The molecule has 0 spiro atoms. The molecule has 2 fully saturated rings. The van der Waals surface area contributed by atoms with Gasteiger partial charge in [0, 0.05) is 12.8 Å². The van der Waals surface area contributed by atoms with Crippen molar-refractivity contribution in [3.8, 4) is 0 Å². The van der Waals surface area contributed by atoms with Gasteiger partial charge in [-0.1, -0.05) is 30.8 Å². The van der Waals surface area contributed by atoms with Crippen LogP contribution in [0.5, 0.6) is 0 Å². The molecule has 0 aliphatic heterocycles. The highest BCUT2D eigenvalue weighted by Gasteiger charge is 2.40. The lowest BCUT2D eigenvalue weighted by molar-refractivity contribution is -0.121. The molecule has 104 valence electrons. The highest BCUT2D eigenvalue weighted by molar-refractivity contribution is 5.74. The zero-order chi connectivity index (χ0) is 13.3. The van der Waals surface area contributed by atoms with Crippen molar-refractivity contribution in [2.45, 2.75) is 69.7 Å². The maximum Gasteiger partial charge on any atom is 0.229 e. The van der Waals surface area contributed by atoms with E-state index in [1.807, 2.05) is 0 Å². The van der Waals surface area contributed by atoms with E-state index in [0.717, 1.165) is 44.4 Å². The third-order valence-corrected chi connectivity index (χ3v) is 4.17. The molecule has 2 saturated carbocycles. The van der Waals surface area contributed by atoms with Crippen LogP contribution in [0.4, 0.5) is 0 Å². The van der Waals surface area contributed by atoms with Crippen LogP contribution in [0.1, 0.15) is 75.9 Å². The predicted octanol–water partition coefficient (Wildman–Crippen LogP) is 2.63. The van der Waals surface area contributed by atoms with Crippen LogP contribution in [-0.2, 0) is 10.3 Å². The van der Waals surface area contributed by atoms with Gasteiger partial charge >= 0.3 is 0 Å². The van der Waals surface area contributed by atoms with E-state index in [9.17, 15) is 4.79 Å². The van der Waals surface area contributed by atoms with E-state index in [4.69, 9.17) is 4.52 Å². The molecule has 1 aromatic rings. The maximum absolute atomic E-state index is 11.6. The number of aromatic nitrogens is 2. The first-order valence-electron chi connectivity index (χ1n) is 7.32. The zero-order valence-corrected chi connectivity index (χ0v) is 11.4. The third kappa shape index (κ3) is 2.65. The van der Waals surface area contributed by atoms with Crippen molar-refractivity contribution in [3.05, 3.63) is 11.7 Å². The monoisotopic (exact) mass is 263 g/mol.